The number of hydrogen-bond acceptors (Lipinski definition) is 3. The number of esters is 1. The highest BCUT2D eigenvalue weighted by molar-refractivity contribution is 5.86. The van der Waals surface area contributed by atoms with E-state index in [9.17, 15) is 4.79 Å². The fourth-order valence-electron chi connectivity index (χ4n) is 0.972. The molecule has 0 amide bonds. The van der Waals surface area contributed by atoms with Crippen molar-refractivity contribution in [1.82, 2.24) is 4.98 Å². The van der Waals surface area contributed by atoms with Crippen LogP contribution in [0.15, 0.2) is 18.3 Å². The molecule has 0 fully saturated rings. The SMILES string of the molecule is CC.CC.COC(=O)c1ccc(C(C)C)cn1. The number of aromatic nitrogens is 1. The van der Waals surface area contributed by atoms with Crippen LogP contribution in [0.5, 0.6) is 0 Å². The number of hydrogen-bond donors (Lipinski definition) is 0. The van der Waals surface area contributed by atoms with E-state index in [0.29, 0.717) is 11.6 Å². The molecule has 0 saturated carbocycles. The average Bonchev–Trinajstić information content (AvgIpc) is 2.42. The van der Waals surface area contributed by atoms with Crippen molar-refractivity contribution in [3.8, 4) is 0 Å². The van der Waals surface area contributed by atoms with Crippen molar-refractivity contribution in [3.05, 3.63) is 29.6 Å². The molecule has 1 aromatic rings. The standard InChI is InChI=1S/C10H13NO2.2C2H6/c1-7(2)8-4-5-9(11-6-8)10(12)13-3;2*1-2/h4-7H,1-3H3;2*1-2H3. The normalized spacial score (nSPS) is 8.47. The topological polar surface area (TPSA) is 39.2 Å². The molecule has 0 saturated heterocycles. The van der Waals surface area contributed by atoms with Crippen LogP contribution < -0.4 is 0 Å². The molecule has 0 spiro atoms. The number of carbonyl (C=O) groups is 1. The number of pyridine rings is 1. The molecule has 3 nitrogen and oxygen atoms in total. The number of methoxy groups -OCH3 is 1. The molecule has 3 heteroatoms. The highest BCUT2D eigenvalue weighted by atomic mass is 16.5. The highest BCUT2D eigenvalue weighted by Gasteiger charge is 2.06. The Labute approximate surface area is 105 Å². The van der Waals surface area contributed by atoms with Crippen LogP contribution in [0.2, 0.25) is 0 Å². The van der Waals surface area contributed by atoms with Crippen molar-refractivity contribution in [2.75, 3.05) is 7.11 Å². The second kappa shape index (κ2) is 11.1. The van der Waals surface area contributed by atoms with Gasteiger partial charge in [0.15, 0.2) is 0 Å². The van der Waals surface area contributed by atoms with Crippen molar-refractivity contribution in [2.45, 2.75) is 47.5 Å². The Bertz CT molecular complexity index is 292. The molecule has 0 aliphatic heterocycles. The lowest BCUT2D eigenvalue weighted by Crippen LogP contribution is -2.04. The average molecular weight is 239 g/mol. The van der Waals surface area contributed by atoms with Crippen LogP contribution in [-0.2, 0) is 4.74 Å². The molecular weight excluding hydrogens is 214 g/mol. The molecule has 0 N–H and O–H groups in total. The van der Waals surface area contributed by atoms with Gasteiger partial charge in [0.05, 0.1) is 7.11 Å². The minimum absolute atomic E-state index is 0.354. The third kappa shape index (κ3) is 6.72. The second-order valence-corrected chi connectivity index (χ2v) is 3.12. The smallest absolute Gasteiger partial charge is 0.356 e. The number of nitrogens with zero attached hydrogens (tertiary/aromatic N) is 1. The van der Waals surface area contributed by atoms with Gasteiger partial charge in [-0.15, -0.1) is 0 Å². The molecule has 1 aromatic heterocycles. The van der Waals surface area contributed by atoms with Crippen molar-refractivity contribution in [1.29, 1.82) is 0 Å². The molecular formula is C14H25NO2. The van der Waals surface area contributed by atoms with Crippen LogP contribution in [0.3, 0.4) is 0 Å². The van der Waals surface area contributed by atoms with Crippen LogP contribution in [-0.4, -0.2) is 18.1 Å². The van der Waals surface area contributed by atoms with Gasteiger partial charge in [0, 0.05) is 6.20 Å². The molecule has 0 radical (unpaired) electrons. The van der Waals surface area contributed by atoms with Gasteiger partial charge < -0.3 is 4.74 Å². The van der Waals surface area contributed by atoms with Gasteiger partial charge in [-0.05, 0) is 17.5 Å². The van der Waals surface area contributed by atoms with Crippen molar-refractivity contribution in [3.63, 3.8) is 0 Å². The monoisotopic (exact) mass is 239 g/mol. The molecule has 1 heterocycles. The first-order chi connectivity index (χ1) is 8.15. The summed E-state index contributed by atoms with van der Waals surface area (Å²) >= 11 is 0. The molecule has 0 bridgehead atoms. The predicted molar refractivity (Wildman–Crippen MR) is 72.4 cm³/mol. The van der Waals surface area contributed by atoms with Crippen LogP contribution in [0, 0.1) is 0 Å². The van der Waals surface area contributed by atoms with E-state index in [4.69, 9.17) is 0 Å². The maximum absolute atomic E-state index is 11.0. The largest absolute Gasteiger partial charge is 0.464 e. The predicted octanol–water partition coefficient (Wildman–Crippen LogP) is 4.04. The zero-order valence-electron chi connectivity index (χ0n) is 12.1. The van der Waals surface area contributed by atoms with E-state index in [1.807, 2.05) is 33.8 Å². The van der Waals surface area contributed by atoms with Crippen LogP contribution in [0.25, 0.3) is 0 Å². The Hall–Kier alpha value is -1.38. The van der Waals surface area contributed by atoms with Gasteiger partial charge in [-0.2, -0.15) is 0 Å². The summed E-state index contributed by atoms with van der Waals surface area (Å²) in [4.78, 5) is 15.0. The molecule has 1 rings (SSSR count). The molecule has 98 valence electrons. The van der Waals surface area contributed by atoms with E-state index in [0.717, 1.165) is 5.56 Å². The molecule has 0 unspecified atom stereocenters. The first kappa shape index (κ1) is 18.0. The van der Waals surface area contributed by atoms with Crippen LogP contribution >= 0.6 is 0 Å². The molecule has 17 heavy (non-hydrogen) atoms. The number of rotatable bonds is 2. The van der Waals surface area contributed by atoms with Crippen molar-refractivity contribution >= 4 is 5.97 Å². The summed E-state index contributed by atoms with van der Waals surface area (Å²) in [6, 6.07) is 3.57. The Morgan fingerprint density at radius 1 is 1.18 bits per heavy atom. The molecule has 0 aliphatic carbocycles. The molecule has 0 aromatic carbocycles. The van der Waals surface area contributed by atoms with Gasteiger partial charge in [0.25, 0.3) is 0 Å². The van der Waals surface area contributed by atoms with E-state index in [-0.39, 0.29) is 0 Å². The number of ether oxygens (including phenoxy) is 1. The maximum atomic E-state index is 11.0. The van der Waals surface area contributed by atoms with E-state index < -0.39 is 5.97 Å². The maximum Gasteiger partial charge on any atom is 0.356 e. The Morgan fingerprint density at radius 3 is 2.00 bits per heavy atom. The summed E-state index contributed by atoms with van der Waals surface area (Å²) in [5, 5.41) is 0. The Morgan fingerprint density at radius 2 is 1.71 bits per heavy atom. The molecule has 0 aliphatic rings. The number of carbonyl (C=O) groups excluding carboxylic acids is 1. The minimum atomic E-state index is -0.393. The van der Waals surface area contributed by atoms with E-state index in [1.165, 1.54) is 7.11 Å². The molecule has 0 atom stereocenters. The highest BCUT2D eigenvalue weighted by Crippen LogP contribution is 2.12. The lowest BCUT2D eigenvalue weighted by Gasteiger charge is -2.04. The van der Waals surface area contributed by atoms with Crippen LogP contribution in [0.4, 0.5) is 0 Å². The zero-order chi connectivity index (χ0) is 13.8. The Kier molecular flexibility index (Phi) is 11.8. The Balaban J connectivity index is 0. The lowest BCUT2D eigenvalue weighted by atomic mass is 10.1. The van der Waals surface area contributed by atoms with Gasteiger partial charge in [-0.3, -0.25) is 0 Å². The third-order valence-electron chi connectivity index (χ3n) is 1.85. The summed E-state index contributed by atoms with van der Waals surface area (Å²) in [7, 11) is 1.35. The van der Waals surface area contributed by atoms with Gasteiger partial charge in [0.1, 0.15) is 5.69 Å². The fourth-order valence-corrected chi connectivity index (χ4v) is 0.972. The zero-order valence-corrected chi connectivity index (χ0v) is 12.1. The quantitative estimate of drug-likeness (QED) is 0.731. The van der Waals surface area contributed by atoms with Gasteiger partial charge >= 0.3 is 5.97 Å². The third-order valence-corrected chi connectivity index (χ3v) is 1.85. The lowest BCUT2D eigenvalue weighted by molar-refractivity contribution is 0.0594. The van der Waals surface area contributed by atoms with E-state index in [1.54, 1.807) is 12.3 Å². The van der Waals surface area contributed by atoms with Crippen molar-refractivity contribution < 1.29 is 9.53 Å². The van der Waals surface area contributed by atoms with Crippen molar-refractivity contribution in [2.24, 2.45) is 0 Å². The fraction of sp³-hybridized carbons (Fsp3) is 0.571. The van der Waals surface area contributed by atoms with Gasteiger partial charge in [-0.1, -0.05) is 47.6 Å². The summed E-state index contributed by atoms with van der Waals surface area (Å²) in [5.74, 6) is 0.0366. The summed E-state index contributed by atoms with van der Waals surface area (Å²) in [6.45, 7) is 12.2. The van der Waals surface area contributed by atoms with Crippen LogP contribution in [0.1, 0.15) is 63.5 Å². The van der Waals surface area contributed by atoms with Gasteiger partial charge in [0.2, 0.25) is 0 Å². The van der Waals surface area contributed by atoms with E-state index >= 15 is 0 Å². The minimum Gasteiger partial charge on any atom is -0.464 e. The first-order valence-electron chi connectivity index (χ1n) is 6.19. The summed E-state index contributed by atoms with van der Waals surface area (Å²) < 4.78 is 4.54. The first-order valence-corrected chi connectivity index (χ1v) is 6.19. The van der Waals surface area contributed by atoms with Gasteiger partial charge in [-0.25, -0.2) is 9.78 Å². The van der Waals surface area contributed by atoms with E-state index in [2.05, 4.69) is 23.6 Å². The summed E-state index contributed by atoms with van der Waals surface area (Å²) in [5.41, 5.74) is 1.47. The second-order valence-electron chi connectivity index (χ2n) is 3.12. The summed E-state index contributed by atoms with van der Waals surface area (Å²) in [6.07, 6.45) is 1.71.